The lowest BCUT2D eigenvalue weighted by atomic mass is 10.1. The first kappa shape index (κ1) is 9.66. The van der Waals surface area contributed by atoms with Crippen molar-refractivity contribution < 1.29 is 4.52 Å². The largest absolute Gasteiger partial charge is 0.338 e. The van der Waals surface area contributed by atoms with Gasteiger partial charge in [0, 0.05) is 17.5 Å². The van der Waals surface area contributed by atoms with Gasteiger partial charge in [0.15, 0.2) is 5.82 Å². The molecule has 1 aliphatic carbocycles. The number of rotatable bonds is 2. The first-order valence-electron chi connectivity index (χ1n) is 5.58. The molecule has 0 bridgehead atoms. The molecular formula is C10H15N3OS. The van der Waals surface area contributed by atoms with Gasteiger partial charge >= 0.3 is 0 Å². The number of nitrogens with zero attached hydrogens (tertiary/aromatic N) is 2. The zero-order valence-corrected chi connectivity index (χ0v) is 9.42. The first-order chi connectivity index (χ1) is 7.43. The van der Waals surface area contributed by atoms with Gasteiger partial charge in [-0.1, -0.05) is 18.0 Å². The lowest BCUT2D eigenvalue weighted by Crippen LogP contribution is -2.14. The van der Waals surface area contributed by atoms with Gasteiger partial charge in [-0.15, -0.1) is 11.8 Å². The summed E-state index contributed by atoms with van der Waals surface area (Å²) in [5.74, 6) is 4.30. The van der Waals surface area contributed by atoms with Gasteiger partial charge in [-0.2, -0.15) is 4.98 Å². The third-order valence-corrected chi connectivity index (χ3v) is 4.13. The molecule has 5 heteroatoms. The van der Waals surface area contributed by atoms with Crippen molar-refractivity contribution in [2.75, 3.05) is 11.6 Å². The molecule has 3 rings (SSSR count). The topological polar surface area (TPSA) is 51.0 Å². The second-order valence-corrected chi connectivity index (χ2v) is 5.27. The van der Waals surface area contributed by atoms with E-state index in [4.69, 9.17) is 4.52 Å². The summed E-state index contributed by atoms with van der Waals surface area (Å²) in [5, 5.41) is 7.45. The van der Waals surface area contributed by atoms with Crippen LogP contribution in [-0.2, 0) is 0 Å². The van der Waals surface area contributed by atoms with Crippen LogP contribution < -0.4 is 5.32 Å². The second kappa shape index (κ2) is 4.14. The Balaban J connectivity index is 1.74. The second-order valence-electron chi connectivity index (χ2n) is 4.24. The maximum atomic E-state index is 5.32. The number of hydrogen-bond donors (Lipinski definition) is 1. The molecule has 0 amide bonds. The van der Waals surface area contributed by atoms with Crippen molar-refractivity contribution in [3.63, 3.8) is 0 Å². The Morgan fingerprint density at radius 2 is 2.20 bits per heavy atom. The van der Waals surface area contributed by atoms with Crippen molar-refractivity contribution in [3.8, 4) is 0 Å². The third kappa shape index (κ3) is 1.90. The van der Waals surface area contributed by atoms with Gasteiger partial charge in [-0.25, -0.2) is 0 Å². The highest BCUT2D eigenvalue weighted by atomic mass is 32.2. The molecule has 1 N–H and O–H groups in total. The molecule has 0 radical (unpaired) electrons. The summed E-state index contributed by atoms with van der Waals surface area (Å²) < 4.78 is 5.32. The number of hydrogen-bond acceptors (Lipinski definition) is 5. The fraction of sp³-hybridized carbons (Fsp3) is 0.800. The Hall–Kier alpha value is -0.550. The van der Waals surface area contributed by atoms with Crippen LogP contribution in [0.1, 0.15) is 49.4 Å². The van der Waals surface area contributed by atoms with E-state index < -0.39 is 0 Å². The summed E-state index contributed by atoms with van der Waals surface area (Å²) >= 11 is 1.88. The molecule has 1 aliphatic heterocycles. The van der Waals surface area contributed by atoms with Crippen molar-refractivity contribution in [1.82, 2.24) is 15.5 Å². The number of nitrogens with one attached hydrogen (secondary N) is 1. The van der Waals surface area contributed by atoms with Crippen LogP contribution in [0.2, 0.25) is 0 Å². The normalized spacial score (nSPS) is 27.6. The van der Waals surface area contributed by atoms with Crippen molar-refractivity contribution in [1.29, 1.82) is 0 Å². The van der Waals surface area contributed by atoms with Gasteiger partial charge in [0.1, 0.15) is 0 Å². The molecule has 1 unspecified atom stereocenters. The van der Waals surface area contributed by atoms with E-state index in [0.29, 0.717) is 5.92 Å². The quantitative estimate of drug-likeness (QED) is 0.835. The first-order valence-corrected chi connectivity index (χ1v) is 6.73. The number of thioether (sulfide) groups is 1. The maximum absolute atomic E-state index is 5.32. The van der Waals surface area contributed by atoms with Gasteiger partial charge in [-0.05, 0) is 12.8 Å². The lowest BCUT2D eigenvalue weighted by Gasteiger charge is -2.02. The van der Waals surface area contributed by atoms with Crippen LogP contribution in [-0.4, -0.2) is 21.8 Å². The van der Waals surface area contributed by atoms with Crippen molar-refractivity contribution in [3.05, 3.63) is 11.7 Å². The molecule has 0 spiro atoms. The predicted molar refractivity (Wildman–Crippen MR) is 58.7 cm³/mol. The molecule has 0 aromatic carbocycles. The lowest BCUT2D eigenvalue weighted by molar-refractivity contribution is 0.345. The Morgan fingerprint density at radius 1 is 1.33 bits per heavy atom. The van der Waals surface area contributed by atoms with E-state index in [2.05, 4.69) is 15.5 Å². The highest BCUT2D eigenvalue weighted by molar-refractivity contribution is 7.99. The standard InChI is InChI=1S/C10H15N3OS/c1-2-4-7(3-1)9-12-10(14-13-9)8-5-15-6-11-8/h7-8,11H,1-6H2. The minimum absolute atomic E-state index is 0.276. The molecule has 1 atom stereocenters. The molecule has 2 heterocycles. The van der Waals surface area contributed by atoms with Gasteiger partial charge < -0.3 is 4.52 Å². The summed E-state index contributed by atoms with van der Waals surface area (Å²) in [5.41, 5.74) is 0. The molecule has 4 nitrogen and oxygen atoms in total. The molecule has 2 fully saturated rings. The predicted octanol–water partition coefficient (Wildman–Crippen LogP) is 2.06. The number of aromatic nitrogens is 2. The maximum Gasteiger partial charge on any atom is 0.244 e. The Bertz CT molecular complexity index is 299. The molecule has 2 aliphatic rings. The SMILES string of the molecule is C1CCC(c2noc(C3CSCN3)n2)C1. The summed E-state index contributed by atoms with van der Waals surface area (Å²) in [6.07, 6.45) is 5.08. The minimum Gasteiger partial charge on any atom is -0.338 e. The van der Waals surface area contributed by atoms with E-state index in [9.17, 15) is 0 Å². The van der Waals surface area contributed by atoms with Crippen LogP contribution in [0.4, 0.5) is 0 Å². The smallest absolute Gasteiger partial charge is 0.244 e. The van der Waals surface area contributed by atoms with Crippen molar-refractivity contribution in [2.24, 2.45) is 0 Å². The fourth-order valence-corrected chi connectivity index (χ4v) is 3.23. The summed E-state index contributed by atoms with van der Waals surface area (Å²) in [6.45, 7) is 0. The molecular weight excluding hydrogens is 210 g/mol. The van der Waals surface area contributed by atoms with E-state index in [1.165, 1.54) is 25.7 Å². The van der Waals surface area contributed by atoms with E-state index in [-0.39, 0.29) is 6.04 Å². The molecule has 15 heavy (non-hydrogen) atoms. The zero-order valence-electron chi connectivity index (χ0n) is 8.61. The highest BCUT2D eigenvalue weighted by Crippen LogP contribution is 2.33. The molecule has 1 saturated heterocycles. The summed E-state index contributed by atoms with van der Waals surface area (Å²) in [6, 6.07) is 0.276. The van der Waals surface area contributed by atoms with Crippen LogP contribution in [0, 0.1) is 0 Å². The third-order valence-electron chi connectivity index (χ3n) is 3.19. The van der Waals surface area contributed by atoms with E-state index >= 15 is 0 Å². The average molecular weight is 225 g/mol. The molecule has 1 aromatic rings. The summed E-state index contributed by atoms with van der Waals surface area (Å²) in [7, 11) is 0. The van der Waals surface area contributed by atoms with Crippen LogP contribution in [0.25, 0.3) is 0 Å². The van der Waals surface area contributed by atoms with Crippen LogP contribution >= 0.6 is 11.8 Å². The highest BCUT2D eigenvalue weighted by Gasteiger charge is 2.26. The summed E-state index contributed by atoms with van der Waals surface area (Å²) in [4.78, 5) is 4.52. The van der Waals surface area contributed by atoms with Crippen LogP contribution in [0.15, 0.2) is 4.52 Å². The Kier molecular flexibility index (Phi) is 2.66. The van der Waals surface area contributed by atoms with Crippen LogP contribution in [0.5, 0.6) is 0 Å². The van der Waals surface area contributed by atoms with Crippen molar-refractivity contribution in [2.45, 2.75) is 37.6 Å². The van der Waals surface area contributed by atoms with Crippen molar-refractivity contribution >= 4 is 11.8 Å². The Labute approximate surface area is 93.2 Å². The van der Waals surface area contributed by atoms with E-state index in [1.807, 2.05) is 11.8 Å². The molecule has 1 saturated carbocycles. The van der Waals surface area contributed by atoms with Gasteiger partial charge in [0.2, 0.25) is 5.89 Å². The zero-order chi connectivity index (χ0) is 10.1. The molecule has 1 aromatic heterocycles. The average Bonchev–Trinajstić information content (AvgIpc) is 3.02. The van der Waals surface area contributed by atoms with Gasteiger partial charge in [0.05, 0.1) is 6.04 Å². The fourth-order valence-electron chi connectivity index (χ4n) is 2.29. The van der Waals surface area contributed by atoms with Gasteiger partial charge in [-0.3, -0.25) is 5.32 Å². The van der Waals surface area contributed by atoms with E-state index in [1.54, 1.807) is 0 Å². The van der Waals surface area contributed by atoms with E-state index in [0.717, 1.165) is 23.3 Å². The molecule has 82 valence electrons. The van der Waals surface area contributed by atoms with Gasteiger partial charge in [0.25, 0.3) is 0 Å². The monoisotopic (exact) mass is 225 g/mol. The minimum atomic E-state index is 0.276. The Morgan fingerprint density at radius 3 is 2.93 bits per heavy atom. The van der Waals surface area contributed by atoms with Crippen LogP contribution in [0.3, 0.4) is 0 Å².